The van der Waals surface area contributed by atoms with E-state index in [1.807, 2.05) is 84.9 Å². The lowest BCUT2D eigenvalue weighted by atomic mass is 9.89. The predicted molar refractivity (Wildman–Crippen MR) is 218 cm³/mol. The molecule has 1 nitrogen and oxygen atoms in total. The summed E-state index contributed by atoms with van der Waals surface area (Å²) in [7, 11) is 0. The van der Waals surface area contributed by atoms with Crippen molar-refractivity contribution in [2.75, 3.05) is 4.90 Å². The second-order valence-electron chi connectivity index (χ2n) is 12.3. The molecule has 1 heteroatoms. The maximum absolute atomic E-state index is 9.73. The fraction of sp³-hybridized carbons (Fsp3) is 0. The van der Waals surface area contributed by atoms with Crippen LogP contribution >= 0.6 is 0 Å². The number of benzene rings is 9. The lowest BCUT2D eigenvalue weighted by molar-refractivity contribution is 1.28. The summed E-state index contributed by atoms with van der Waals surface area (Å²) in [4.78, 5) is 1.40. The van der Waals surface area contributed by atoms with Crippen molar-refractivity contribution in [2.45, 2.75) is 0 Å². The first-order valence-corrected chi connectivity index (χ1v) is 16.9. The van der Waals surface area contributed by atoms with E-state index in [1.165, 1.54) is 4.90 Å². The molecular formula is C50H35N. The minimum atomic E-state index is -0.446. The van der Waals surface area contributed by atoms with Crippen LogP contribution in [0.15, 0.2) is 212 Å². The summed E-state index contributed by atoms with van der Waals surface area (Å²) in [6, 6.07) is 49.2. The van der Waals surface area contributed by atoms with E-state index in [9.17, 15) is 8.22 Å². The van der Waals surface area contributed by atoms with Crippen LogP contribution in [0.1, 0.15) is 11.0 Å². The van der Waals surface area contributed by atoms with E-state index in [-0.39, 0.29) is 58.8 Å². The molecule has 9 aromatic rings. The molecule has 0 heterocycles. The van der Waals surface area contributed by atoms with Crippen LogP contribution in [0.4, 0.5) is 17.1 Å². The molecule has 240 valence electrons. The van der Waals surface area contributed by atoms with E-state index in [2.05, 4.69) is 36.4 Å². The highest BCUT2D eigenvalue weighted by Gasteiger charge is 2.17. The Bertz CT molecular complexity index is 3050. The molecule has 0 aliphatic carbocycles. The summed E-state index contributed by atoms with van der Waals surface area (Å²) >= 11 is 0. The standard InChI is InChI=1S/C50H35N/c1-3-12-36(13-4-1)38-24-29-45(30-25-38)51(47-20-11-19-43(35-47)44-23-22-37-14-7-8-18-42(37)34-44)46-31-26-41(27-32-46)50-48-21-10-9-17-40(48)28-33-49(50)39-15-5-2-6-16-39/h1-35H/i11D,19D,20D,24D,25D,29D,30D,35D. The van der Waals surface area contributed by atoms with Crippen molar-refractivity contribution in [1.82, 2.24) is 0 Å². The Morgan fingerprint density at radius 2 is 0.980 bits per heavy atom. The molecule has 0 spiro atoms. The molecule has 0 radical (unpaired) electrons. The van der Waals surface area contributed by atoms with Crippen LogP contribution in [0, 0.1) is 0 Å². The molecule has 0 atom stereocenters. The van der Waals surface area contributed by atoms with Gasteiger partial charge in [0, 0.05) is 17.1 Å². The van der Waals surface area contributed by atoms with E-state index < -0.39 is 12.1 Å². The number of fused-ring (bicyclic) bond motifs is 2. The van der Waals surface area contributed by atoms with Crippen molar-refractivity contribution in [3.05, 3.63) is 212 Å². The molecule has 0 bridgehead atoms. The van der Waals surface area contributed by atoms with Crippen LogP contribution in [-0.4, -0.2) is 0 Å². The minimum absolute atomic E-state index is 0.118. The van der Waals surface area contributed by atoms with Crippen LogP contribution in [0.3, 0.4) is 0 Å². The summed E-state index contributed by atoms with van der Waals surface area (Å²) in [6.07, 6.45) is 0. The van der Waals surface area contributed by atoms with Crippen LogP contribution in [-0.2, 0) is 0 Å². The molecule has 0 fully saturated rings. The average Bonchev–Trinajstić information content (AvgIpc) is 3.27. The van der Waals surface area contributed by atoms with Crippen LogP contribution in [0.2, 0.25) is 0 Å². The second kappa shape index (κ2) is 13.3. The van der Waals surface area contributed by atoms with Gasteiger partial charge in [-0.05, 0) is 108 Å². The summed E-state index contributed by atoms with van der Waals surface area (Å²) in [5.41, 5.74) is 5.25. The van der Waals surface area contributed by atoms with Gasteiger partial charge in [-0.25, -0.2) is 0 Å². The molecule has 0 amide bonds. The quantitative estimate of drug-likeness (QED) is 0.165. The Kier molecular flexibility index (Phi) is 5.96. The number of nitrogens with zero attached hydrogens (tertiary/aromatic N) is 1. The normalized spacial score (nSPS) is 13.3. The lowest BCUT2D eigenvalue weighted by Gasteiger charge is -2.27. The zero-order chi connectivity index (χ0) is 40.9. The molecule has 0 N–H and O–H groups in total. The van der Waals surface area contributed by atoms with Crippen molar-refractivity contribution in [2.24, 2.45) is 0 Å². The molecule has 0 saturated carbocycles. The molecule has 51 heavy (non-hydrogen) atoms. The number of hydrogen-bond donors (Lipinski definition) is 0. The molecular weight excluding hydrogens is 615 g/mol. The summed E-state index contributed by atoms with van der Waals surface area (Å²) in [6.45, 7) is 0. The smallest absolute Gasteiger partial charge is 0.0651 e. The maximum Gasteiger partial charge on any atom is 0.0651 e. The van der Waals surface area contributed by atoms with Crippen molar-refractivity contribution < 1.29 is 11.0 Å². The molecule has 0 saturated heterocycles. The SMILES string of the molecule is [2H]c1c([2H])c(-c2ccc3ccccc3c2)c([2H])c(N(c2ccc(-c3c(-c4ccccc4)ccc4ccccc34)cc2)c2c([2H])c([2H])c(-c3ccccc3)c([2H])c2[2H])c1[2H]. The average molecular weight is 658 g/mol. The first kappa shape index (κ1) is 22.8. The molecule has 9 rings (SSSR count). The Labute approximate surface area is 310 Å². The van der Waals surface area contributed by atoms with E-state index >= 15 is 0 Å². The van der Waals surface area contributed by atoms with Gasteiger partial charge in [0.2, 0.25) is 0 Å². The Hall–Kier alpha value is -6.70. The maximum atomic E-state index is 9.73. The largest absolute Gasteiger partial charge is 0.310 e. The zero-order valence-electron chi connectivity index (χ0n) is 35.5. The van der Waals surface area contributed by atoms with Gasteiger partial charge in [-0.1, -0.05) is 170 Å². The molecule has 0 aromatic heterocycles. The summed E-state index contributed by atoms with van der Waals surface area (Å²) in [5.74, 6) is 0. The zero-order valence-corrected chi connectivity index (χ0v) is 27.5. The van der Waals surface area contributed by atoms with E-state index in [0.29, 0.717) is 16.8 Å². The highest BCUT2D eigenvalue weighted by molar-refractivity contribution is 6.04. The van der Waals surface area contributed by atoms with Crippen LogP contribution in [0.5, 0.6) is 0 Å². The van der Waals surface area contributed by atoms with E-state index in [1.54, 1.807) is 42.5 Å². The van der Waals surface area contributed by atoms with E-state index in [4.69, 9.17) is 2.74 Å². The fourth-order valence-electron chi connectivity index (χ4n) is 6.69. The van der Waals surface area contributed by atoms with E-state index in [0.717, 1.165) is 43.8 Å². The van der Waals surface area contributed by atoms with Crippen LogP contribution < -0.4 is 4.90 Å². The molecule has 9 aromatic carbocycles. The van der Waals surface area contributed by atoms with Gasteiger partial charge in [0.15, 0.2) is 0 Å². The number of rotatable bonds is 7. The van der Waals surface area contributed by atoms with Gasteiger partial charge in [0.05, 0.1) is 11.0 Å². The Morgan fingerprint density at radius 3 is 1.75 bits per heavy atom. The highest BCUT2D eigenvalue weighted by Crippen LogP contribution is 2.42. The van der Waals surface area contributed by atoms with Crippen molar-refractivity contribution >= 4 is 38.6 Å². The van der Waals surface area contributed by atoms with Crippen molar-refractivity contribution in [3.63, 3.8) is 0 Å². The minimum Gasteiger partial charge on any atom is -0.310 e. The predicted octanol–water partition coefficient (Wildman–Crippen LogP) is 14.1. The Balaban J connectivity index is 1.31. The van der Waals surface area contributed by atoms with Gasteiger partial charge < -0.3 is 4.90 Å². The Morgan fingerprint density at radius 1 is 0.353 bits per heavy atom. The third-order valence-electron chi connectivity index (χ3n) is 9.20. The highest BCUT2D eigenvalue weighted by atomic mass is 15.1. The van der Waals surface area contributed by atoms with Crippen molar-refractivity contribution in [3.8, 4) is 44.5 Å². The first-order chi connectivity index (χ1) is 28.6. The molecule has 0 unspecified atom stereocenters. The monoisotopic (exact) mass is 657 g/mol. The summed E-state index contributed by atoms with van der Waals surface area (Å²) in [5, 5.41) is 3.94. The number of anilines is 3. The molecule has 0 aliphatic rings. The van der Waals surface area contributed by atoms with Crippen LogP contribution in [0.25, 0.3) is 66.1 Å². The third kappa shape index (κ3) is 5.96. The lowest BCUT2D eigenvalue weighted by Crippen LogP contribution is -2.10. The second-order valence-corrected chi connectivity index (χ2v) is 12.3. The first-order valence-electron chi connectivity index (χ1n) is 20.9. The van der Waals surface area contributed by atoms with Crippen molar-refractivity contribution in [1.29, 1.82) is 0 Å². The van der Waals surface area contributed by atoms with Gasteiger partial charge in [0.1, 0.15) is 0 Å². The van der Waals surface area contributed by atoms with Gasteiger partial charge in [-0.15, -0.1) is 0 Å². The fourth-order valence-corrected chi connectivity index (χ4v) is 6.69. The van der Waals surface area contributed by atoms with Gasteiger partial charge in [-0.2, -0.15) is 0 Å². The van der Waals surface area contributed by atoms with Gasteiger partial charge >= 0.3 is 0 Å². The molecule has 0 aliphatic heterocycles. The topological polar surface area (TPSA) is 3.24 Å². The van der Waals surface area contributed by atoms with Gasteiger partial charge in [0.25, 0.3) is 0 Å². The number of hydrogen-bond acceptors (Lipinski definition) is 1. The van der Waals surface area contributed by atoms with Gasteiger partial charge in [-0.3, -0.25) is 0 Å². The third-order valence-corrected chi connectivity index (χ3v) is 9.20. The summed E-state index contributed by atoms with van der Waals surface area (Å²) < 4.78 is 74.5.